The molecule has 0 saturated carbocycles. The van der Waals surface area contributed by atoms with Gasteiger partial charge in [-0.1, -0.05) is 12.1 Å². The van der Waals surface area contributed by atoms with Crippen LogP contribution in [0.2, 0.25) is 0 Å². The molecule has 1 aliphatic rings. The lowest BCUT2D eigenvalue weighted by Gasteiger charge is -2.21. The smallest absolute Gasteiger partial charge is 0.251 e. The molecule has 0 spiro atoms. The minimum absolute atomic E-state index is 0.0521. The van der Waals surface area contributed by atoms with Gasteiger partial charge in [0, 0.05) is 31.7 Å². The average Bonchev–Trinajstić information content (AvgIpc) is 2.60. The Bertz CT molecular complexity index is 554. The molecule has 2 rings (SSSR count). The van der Waals surface area contributed by atoms with Crippen molar-refractivity contribution in [3.05, 3.63) is 35.4 Å². The standard InChI is InChI=1S/C18H28N4O2/c1-22(2)10-9-20-17(23)15-6-3-5-14(11-15)12-21-18(24)16-7-4-8-19-13-16/h3,5-6,11,16,19H,4,7-10,12-13H2,1-2H3,(H,20,23)(H,21,24). The summed E-state index contributed by atoms with van der Waals surface area (Å²) in [6, 6.07) is 7.41. The molecular weight excluding hydrogens is 304 g/mol. The van der Waals surface area contributed by atoms with E-state index in [1.165, 1.54) is 0 Å². The van der Waals surface area contributed by atoms with Crippen LogP contribution >= 0.6 is 0 Å². The first kappa shape index (κ1) is 18.4. The maximum atomic E-state index is 12.2. The Kier molecular flexibility index (Phi) is 7.21. The third-order valence-corrected chi connectivity index (χ3v) is 4.17. The first-order chi connectivity index (χ1) is 11.6. The molecule has 6 heteroatoms. The predicted molar refractivity (Wildman–Crippen MR) is 94.8 cm³/mol. The first-order valence-corrected chi connectivity index (χ1v) is 8.56. The van der Waals surface area contributed by atoms with Crippen LogP contribution < -0.4 is 16.0 Å². The minimum atomic E-state index is -0.0819. The van der Waals surface area contributed by atoms with Crippen molar-refractivity contribution in [3.63, 3.8) is 0 Å². The van der Waals surface area contributed by atoms with Crippen LogP contribution in [0.25, 0.3) is 0 Å². The molecule has 3 N–H and O–H groups in total. The highest BCUT2D eigenvalue weighted by Gasteiger charge is 2.20. The lowest BCUT2D eigenvalue weighted by Crippen LogP contribution is -2.40. The summed E-state index contributed by atoms with van der Waals surface area (Å²) < 4.78 is 0. The fourth-order valence-corrected chi connectivity index (χ4v) is 2.73. The number of rotatable bonds is 7. The number of amides is 2. The van der Waals surface area contributed by atoms with Crippen LogP contribution in [-0.2, 0) is 11.3 Å². The highest BCUT2D eigenvalue weighted by atomic mass is 16.2. The number of benzene rings is 1. The van der Waals surface area contributed by atoms with Gasteiger partial charge in [0.15, 0.2) is 0 Å². The monoisotopic (exact) mass is 332 g/mol. The van der Waals surface area contributed by atoms with E-state index < -0.39 is 0 Å². The number of likely N-dealkylation sites (N-methyl/N-ethyl adjacent to an activating group) is 1. The van der Waals surface area contributed by atoms with Gasteiger partial charge in [0.2, 0.25) is 5.91 Å². The highest BCUT2D eigenvalue weighted by Crippen LogP contribution is 2.11. The van der Waals surface area contributed by atoms with Crippen molar-refractivity contribution in [3.8, 4) is 0 Å². The van der Waals surface area contributed by atoms with Gasteiger partial charge in [0.25, 0.3) is 5.91 Å². The van der Waals surface area contributed by atoms with Crippen molar-refractivity contribution in [2.45, 2.75) is 19.4 Å². The van der Waals surface area contributed by atoms with Crippen LogP contribution in [0.15, 0.2) is 24.3 Å². The van der Waals surface area contributed by atoms with Gasteiger partial charge in [-0.15, -0.1) is 0 Å². The number of carbonyl (C=O) groups is 2. The largest absolute Gasteiger partial charge is 0.352 e. The number of nitrogens with one attached hydrogen (secondary N) is 3. The Morgan fingerprint density at radius 3 is 2.83 bits per heavy atom. The normalized spacial score (nSPS) is 17.5. The quantitative estimate of drug-likeness (QED) is 0.683. The van der Waals surface area contributed by atoms with E-state index in [9.17, 15) is 9.59 Å². The number of nitrogens with zero attached hydrogens (tertiary/aromatic N) is 1. The molecule has 1 aromatic carbocycles. The van der Waals surface area contributed by atoms with Crippen molar-refractivity contribution in [1.82, 2.24) is 20.9 Å². The maximum absolute atomic E-state index is 12.2. The summed E-state index contributed by atoms with van der Waals surface area (Å²) in [6.07, 6.45) is 1.98. The average molecular weight is 332 g/mol. The summed E-state index contributed by atoms with van der Waals surface area (Å²) in [4.78, 5) is 26.3. The summed E-state index contributed by atoms with van der Waals surface area (Å²) in [6.45, 7) is 3.61. The fraction of sp³-hybridized carbons (Fsp3) is 0.556. The summed E-state index contributed by atoms with van der Waals surface area (Å²) in [5, 5.41) is 9.12. The summed E-state index contributed by atoms with van der Waals surface area (Å²) >= 11 is 0. The van der Waals surface area contributed by atoms with Gasteiger partial charge >= 0.3 is 0 Å². The van der Waals surface area contributed by atoms with E-state index in [4.69, 9.17) is 0 Å². The van der Waals surface area contributed by atoms with E-state index in [1.807, 2.05) is 37.2 Å². The Balaban J connectivity index is 1.83. The van der Waals surface area contributed by atoms with E-state index in [-0.39, 0.29) is 17.7 Å². The SMILES string of the molecule is CN(C)CCNC(=O)c1cccc(CNC(=O)C2CCCNC2)c1. The van der Waals surface area contributed by atoms with Gasteiger partial charge in [-0.25, -0.2) is 0 Å². The molecule has 1 aliphatic heterocycles. The lowest BCUT2D eigenvalue weighted by molar-refractivity contribution is -0.125. The fourth-order valence-electron chi connectivity index (χ4n) is 2.73. The Labute approximate surface area is 144 Å². The molecule has 1 saturated heterocycles. The second-order valence-electron chi connectivity index (χ2n) is 6.52. The molecule has 0 aromatic heterocycles. The molecule has 2 amide bonds. The zero-order chi connectivity index (χ0) is 17.4. The second kappa shape index (κ2) is 9.39. The van der Waals surface area contributed by atoms with Crippen molar-refractivity contribution in [1.29, 1.82) is 0 Å². The number of piperidine rings is 1. The molecule has 1 atom stereocenters. The van der Waals surface area contributed by atoms with Crippen LogP contribution in [0.1, 0.15) is 28.8 Å². The van der Waals surface area contributed by atoms with Gasteiger partial charge in [-0.3, -0.25) is 9.59 Å². The van der Waals surface area contributed by atoms with Gasteiger partial charge in [-0.2, -0.15) is 0 Å². The molecule has 1 fully saturated rings. The van der Waals surface area contributed by atoms with Crippen LogP contribution in [-0.4, -0.2) is 57.0 Å². The van der Waals surface area contributed by atoms with Crippen LogP contribution in [0.5, 0.6) is 0 Å². The summed E-state index contributed by atoms with van der Waals surface area (Å²) in [5.74, 6) is 0.0563. The zero-order valence-electron chi connectivity index (χ0n) is 14.6. The molecular formula is C18H28N4O2. The molecule has 0 aliphatic carbocycles. The molecule has 1 heterocycles. The molecule has 132 valence electrons. The molecule has 0 bridgehead atoms. The lowest BCUT2D eigenvalue weighted by atomic mass is 9.99. The van der Waals surface area contributed by atoms with Gasteiger partial charge in [0.05, 0.1) is 5.92 Å². The van der Waals surface area contributed by atoms with Crippen LogP contribution in [0.3, 0.4) is 0 Å². The molecule has 6 nitrogen and oxygen atoms in total. The minimum Gasteiger partial charge on any atom is -0.352 e. The van der Waals surface area contributed by atoms with Crippen LogP contribution in [0.4, 0.5) is 0 Å². The van der Waals surface area contributed by atoms with Crippen molar-refractivity contribution in [2.75, 3.05) is 40.3 Å². The first-order valence-electron chi connectivity index (χ1n) is 8.56. The maximum Gasteiger partial charge on any atom is 0.251 e. The predicted octanol–water partition coefficient (Wildman–Crippen LogP) is 0.594. The van der Waals surface area contributed by atoms with Crippen molar-refractivity contribution >= 4 is 11.8 Å². The number of hydrogen-bond donors (Lipinski definition) is 3. The summed E-state index contributed by atoms with van der Waals surface area (Å²) in [5.41, 5.74) is 1.56. The Morgan fingerprint density at radius 2 is 2.12 bits per heavy atom. The zero-order valence-corrected chi connectivity index (χ0v) is 14.6. The van der Waals surface area contributed by atoms with Crippen molar-refractivity contribution < 1.29 is 9.59 Å². The van der Waals surface area contributed by atoms with Crippen LogP contribution in [0, 0.1) is 5.92 Å². The van der Waals surface area contributed by atoms with E-state index in [0.29, 0.717) is 18.7 Å². The third-order valence-electron chi connectivity index (χ3n) is 4.17. The van der Waals surface area contributed by atoms with Crippen molar-refractivity contribution in [2.24, 2.45) is 5.92 Å². The van der Waals surface area contributed by atoms with E-state index in [1.54, 1.807) is 6.07 Å². The second-order valence-corrected chi connectivity index (χ2v) is 6.52. The van der Waals surface area contributed by atoms with E-state index >= 15 is 0 Å². The number of carbonyl (C=O) groups excluding carboxylic acids is 2. The highest BCUT2D eigenvalue weighted by molar-refractivity contribution is 5.94. The Hall–Kier alpha value is -1.92. The van der Waals surface area contributed by atoms with Gasteiger partial charge < -0.3 is 20.9 Å². The molecule has 24 heavy (non-hydrogen) atoms. The van der Waals surface area contributed by atoms with Gasteiger partial charge in [-0.05, 0) is 51.2 Å². The van der Waals surface area contributed by atoms with E-state index in [2.05, 4.69) is 16.0 Å². The van der Waals surface area contributed by atoms with Gasteiger partial charge in [0.1, 0.15) is 0 Å². The summed E-state index contributed by atoms with van der Waals surface area (Å²) in [7, 11) is 3.94. The third kappa shape index (κ3) is 5.94. The molecule has 1 unspecified atom stereocenters. The van der Waals surface area contributed by atoms with E-state index in [0.717, 1.165) is 38.0 Å². The number of hydrogen-bond acceptors (Lipinski definition) is 4. The topological polar surface area (TPSA) is 73.5 Å². The Morgan fingerprint density at radius 1 is 1.29 bits per heavy atom. The molecule has 0 radical (unpaired) electrons. The molecule has 1 aromatic rings.